The number of benzene rings is 1. The fourth-order valence-corrected chi connectivity index (χ4v) is 5.91. The molecule has 0 aliphatic carbocycles. The van der Waals surface area contributed by atoms with Gasteiger partial charge in [0.2, 0.25) is 11.9 Å². The van der Waals surface area contributed by atoms with Gasteiger partial charge in [-0.3, -0.25) is 19.0 Å². The van der Waals surface area contributed by atoms with Crippen LogP contribution in [0.1, 0.15) is 27.2 Å². The van der Waals surface area contributed by atoms with E-state index >= 15 is 0 Å². The number of likely N-dealkylation sites (tertiary alicyclic amines) is 1. The second-order valence-electron chi connectivity index (χ2n) is 11.5. The first-order chi connectivity index (χ1) is 19.6. The summed E-state index contributed by atoms with van der Waals surface area (Å²) >= 11 is 1.39. The molecule has 1 N–H and O–H groups in total. The van der Waals surface area contributed by atoms with Gasteiger partial charge in [-0.25, -0.2) is 4.98 Å². The molecule has 0 unspecified atom stereocenters. The predicted octanol–water partition coefficient (Wildman–Crippen LogP) is 4.34. The molecule has 0 saturated carbocycles. The molecule has 10 nitrogen and oxygen atoms in total. The number of nitrogens with one attached hydrogen (secondary N) is 1. The van der Waals surface area contributed by atoms with Crippen molar-refractivity contribution in [2.24, 2.45) is 5.92 Å². The summed E-state index contributed by atoms with van der Waals surface area (Å²) in [6.45, 7) is 14.6. The number of aromatic nitrogens is 3. The number of hydrogen-bond acceptors (Lipinski definition) is 8. The number of carbonyl (C=O) groups is 2. The van der Waals surface area contributed by atoms with Crippen molar-refractivity contribution in [1.82, 2.24) is 24.3 Å². The molecule has 0 bridgehead atoms. The van der Waals surface area contributed by atoms with Gasteiger partial charge >= 0.3 is 0 Å². The second-order valence-corrected chi connectivity index (χ2v) is 13.3. The lowest BCUT2D eigenvalue weighted by molar-refractivity contribution is -0.132. The summed E-state index contributed by atoms with van der Waals surface area (Å²) in [5.74, 6) is 0.717. The van der Waals surface area contributed by atoms with Crippen LogP contribution in [0.3, 0.4) is 0 Å². The number of rotatable bonds is 7. The molecule has 216 valence electrons. The van der Waals surface area contributed by atoms with E-state index in [1.807, 2.05) is 17.0 Å². The first kappa shape index (κ1) is 28.7. The first-order valence-corrected chi connectivity index (χ1v) is 14.8. The van der Waals surface area contributed by atoms with Gasteiger partial charge < -0.3 is 20.0 Å². The quantitative estimate of drug-likeness (QED) is 0.415. The summed E-state index contributed by atoms with van der Waals surface area (Å²) < 4.78 is 1.60. The molecule has 3 aromatic rings. The lowest BCUT2D eigenvalue weighted by atomic mass is 9.96. The molecule has 5 rings (SSSR count). The predicted molar refractivity (Wildman–Crippen MR) is 165 cm³/mol. The summed E-state index contributed by atoms with van der Waals surface area (Å²) in [6, 6.07) is 11.4. The van der Waals surface area contributed by atoms with E-state index in [2.05, 4.69) is 59.7 Å². The van der Waals surface area contributed by atoms with E-state index in [0.717, 1.165) is 36.3 Å². The zero-order valence-corrected chi connectivity index (χ0v) is 24.7. The molecular formula is C30H37N7O3S. The van der Waals surface area contributed by atoms with E-state index in [1.54, 1.807) is 27.8 Å². The van der Waals surface area contributed by atoms with Crippen LogP contribution < -0.4 is 15.8 Å². The first-order valence-electron chi connectivity index (χ1n) is 14.0. The van der Waals surface area contributed by atoms with Crippen molar-refractivity contribution in [3.8, 4) is 0 Å². The summed E-state index contributed by atoms with van der Waals surface area (Å²) in [7, 11) is 0. The minimum Gasteiger partial charge on any atom is -0.368 e. The fraction of sp³-hybridized carbons (Fsp3) is 0.433. The van der Waals surface area contributed by atoms with Gasteiger partial charge in [0.05, 0.1) is 0 Å². The number of nitrogens with zero attached hydrogens (tertiary/aromatic N) is 6. The van der Waals surface area contributed by atoms with Gasteiger partial charge in [0.25, 0.3) is 10.8 Å². The minimum absolute atomic E-state index is 0.0510. The van der Waals surface area contributed by atoms with E-state index < -0.39 is 0 Å². The summed E-state index contributed by atoms with van der Waals surface area (Å²) in [5, 5.41) is 4.20. The van der Waals surface area contributed by atoms with Gasteiger partial charge in [0.15, 0.2) is 0 Å². The molecule has 0 atom stereocenters. The summed E-state index contributed by atoms with van der Waals surface area (Å²) in [5.41, 5.74) is 2.42. The van der Waals surface area contributed by atoms with Crippen molar-refractivity contribution in [2.45, 2.75) is 38.5 Å². The SMILES string of the molecule is C=CC(=O)N1CC(CCn2c(=O)ccc3cnc(Nc4ccc(N5CCN(C(=O)SC(C)(C)C)CC5)cc4)nc32)C1. The van der Waals surface area contributed by atoms with Crippen molar-refractivity contribution >= 4 is 51.3 Å². The van der Waals surface area contributed by atoms with E-state index in [-0.39, 0.29) is 21.5 Å². The lowest BCUT2D eigenvalue weighted by Crippen LogP contribution is -2.49. The average Bonchev–Trinajstić information content (AvgIpc) is 2.92. The second kappa shape index (κ2) is 11.9. The van der Waals surface area contributed by atoms with Crippen LogP contribution in [0.15, 0.2) is 60.0 Å². The zero-order chi connectivity index (χ0) is 29.1. The highest BCUT2D eigenvalue weighted by molar-refractivity contribution is 8.14. The van der Waals surface area contributed by atoms with Crippen LogP contribution >= 0.6 is 11.8 Å². The third kappa shape index (κ3) is 6.90. The smallest absolute Gasteiger partial charge is 0.282 e. The molecule has 41 heavy (non-hydrogen) atoms. The number of carbonyl (C=O) groups excluding carboxylic acids is 2. The van der Waals surface area contributed by atoms with Crippen LogP contribution in [-0.4, -0.2) is 79.5 Å². The Hall–Kier alpha value is -3.86. The van der Waals surface area contributed by atoms with Crippen LogP contribution in [0, 0.1) is 5.92 Å². The number of pyridine rings is 1. The maximum Gasteiger partial charge on any atom is 0.282 e. The lowest BCUT2D eigenvalue weighted by Gasteiger charge is -2.38. The Morgan fingerprint density at radius 2 is 1.76 bits per heavy atom. The summed E-state index contributed by atoms with van der Waals surface area (Å²) in [6.07, 6.45) is 3.84. The largest absolute Gasteiger partial charge is 0.368 e. The van der Waals surface area contributed by atoms with Gasteiger partial charge in [-0.15, -0.1) is 0 Å². The van der Waals surface area contributed by atoms with Crippen LogP contribution in [0.5, 0.6) is 0 Å². The molecule has 2 aromatic heterocycles. The molecule has 2 saturated heterocycles. The topological polar surface area (TPSA) is 104 Å². The molecule has 11 heteroatoms. The highest BCUT2D eigenvalue weighted by atomic mass is 32.2. The number of thioether (sulfide) groups is 1. The number of amides is 2. The molecule has 2 amide bonds. The van der Waals surface area contributed by atoms with E-state index in [9.17, 15) is 14.4 Å². The standard InChI is InChI=1S/C30H37N7O3S/c1-5-25(38)36-19-21(20-36)12-13-37-26(39)11-6-22-18-31-28(33-27(22)37)32-23-7-9-24(10-8-23)34-14-16-35(17-15-34)29(40)41-30(2,3)4/h5-11,18,21H,1,12-17,19-20H2,2-4H3,(H,31,32,33). The maximum atomic E-state index is 12.7. The molecule has 2 fully saturated rings. The maximum absolute atomic E-state index is 12.7. The molecule has 2 aliphatic rings. The number of hydrogen-bond donors (Lipinski definition) is 1. The normalized spacial score (nSPS) is 16.0. The monoisotopic (exact) mass is 575 g/mol. The molecular weight excluding hydrogens is 538 g/mol. The Balaban J connectivity index is 1.20. The number of anilines is 3. The van der Waals surface area contributed by atoms with Crippen LogP contribution in [0.2, 0.25) is 0 Å². The Morgan fingerprint density at radius 1 is 1.05 bits per heavy atom. The molecule has 0 radical (unpaired) electrons. The Labute approximate surface area is 244 Å². The van der Waals surface area contributed by atoms with E-state index in [1.165, 1.54) is 17.8 Å². The molecule has 1 aromatic carbocycles. The number of aryl methyl sites for hydroxylation is 1. The Kier molecular flexibility index (Phi) is 8.35. The highest BCUT2D eigenvalue weighted by Gasteiger charge is 2.29. The van der Waals surface area contributed by atoms with Crippen molar-refractivity contribution in [3.63, 3.8) is 0 Å². The third-order valence-electron chi connectivity index (χ3n) is 7.35. The van der Waals surface area contributed by atoms with Gasteiger partial charge in [0, 0.05) is 79.6 Å². The van der Waals surface area contributed by atoms with Gasteiger partial charge in [-0.2, -0.15) is 4.98 Å². The van der Waals surface area contributed by atoms with Crippen LogP contribution in [0.4, 0.5) is 22.1 Å². The average molecular weight is 576 g/mol. The molecule has 4 heterocycles. The molecule has 0 spiro atoms. The van der Waals surface area contributed by atoms with Crippen molar-refractivity contribution in [3.05, 3.63) is 65.6 Å². The highest BCUT2D eigenvalue weighted by Crippen LogP contribution is 2.28. The van der Waals surface area contributed by atoms with Gasteiger partial charge in [0.1, 0.15) is 5.65 Å². The van der Waals surface area contributed by atoms with Gasteiger partial charge in [-0.05, 0) is 48.7 Å². The Morgan fingerprint density at radius 3 is 2.41 bits per heavy atom. The van der Waals surface area contributed by atoms with Crippen molar-refractivity contribution in [1.29, 1.82) is 0 Å². The minimum atomic E-state index is -0.108. The Bertz CT molecular complexity index is 1480. The van der Waals surface area contributed by atoms with Crippen LogP contribution in [-0.2, 0) is 11.3 Å². The fourth-order valence-electron chi connectivity index (χ4n) is 5.08. The van der Waals surface area contributed by atoms with E-state index in [0.29, 0.717) is 50.2 Å². The number of piperazine rings is 1. The van der Waals surface area contributed by atoms with Gasteiger partial charge in [-0.1, -0.05) is 39.1 Å². The molecule has 2 aliphatic heterocycles. The van der Waals surface area contributed by atoms with Crippen molar-refractivity contribution < 1.29 is 9.59 Å². The van der Waals surface area contributed by atoms with Crippen molar-refractivity contribution in [2.75, 3.05) is 49.5 Å². The van der Waals surface area contributed by atoms with E-state index in [4.69, 9.17) is 0 Å². The zero-order valence-electron chi connectivity index (χ0n) is 23.9. The summed E-state index contributed by atoms with van der Waals surface area (Å²) in [4.78, 5) is 52.1. The number of fused-ring (bicyclic) bond motifs is 1. The third-order valence-corrected chi connectivity index (χ3v) is 8.39. The van der Waals surface area contributed by atoms with Crippen LogP contribution in [0.25, 0.3) is 11.0 Å².